The number of nitrogens with one attached hydrogen (secondary N) is 1. The summed E-state index contributed by atoms with van der Waals surface area (Å²) >= 11 is 0. The molecule has 0 radical (unpaired) electrons. The van der Waals surface area contributed by atoms with Crippen LogP contribution in [0.25, 0.3) is 0 Å². The van der Waals surface area contributed by atoms with Gasteiger partial charge in [0.2, 0.25) is 5.91 Å². The van der Waals surface area contributed by atoms with Crippen molar-refractivity contribution in [2.24, 2.45) is 0 Å². The first-order valence-corrected chi connectivity index (χ1v) is 7.25. The molecule has 2 aromatic carbocycles. The topological polar surface area (TPSA) is 75.4 Å². The molecule has 23 heavy (non-hydrogen) atoms. The fraction of sp³-hybridized carbons (Fsp3) is 0.176. The van der Waals surface area contributed by atoms with E-state index in [1.807, 2.05) is 18.2 Å². The molecule has 2 amide bonds. The van der Waals surface area contributed by atoms with Gasteiger partial charge in [-0.2, -0.15) is 0 Å². The highest BCUT2D eigenvalue weighted by Crippen LogP contribution is 2.23. The van der Waals surface area contributed by atoms with Crippen molar-refractivity contribution in [1.82, 2.24) is 5.32 Å². The molecule has 1 fully saturated rings. The minimum Gasteiger partial charge on any atom is -0.399 e. The van der Waals surface area contributed by atoms with Crippen molar-refractivity contribution >= 4 is 23.2 Å². The number of amides is 2. The van der Waals surface area contributed by atoms with E-state index in [-0.39, 0.29) is 18.2 Å². The Hall–Kier alpha value is -2.73. The Morgan fingerprint density at radius 1 is 1.17 bits per heavy atom. The van der Waals surface area contributed by atoms with Gasteiger partial charge in [0.1, 0.15) is 5.82 Å². The standard InChI is InChI=1S/C17H16FN3O2/c18-12-4-6-14(7-5-12)21-16(22)9-15(17(21)23)20-10-11-2-1-3-13(19)8-11/h1-8,15,20H,9-10,19H2. The van der Waals surface area contributed by atoms with Crippen LogP contribution in [0.1, 0.15) is 12.0 Å². The van der Waals surface area contributed by atoms with Gasteiger partial charge >= 0.3 is 0 Å². The second-order valence-electron chi connectivity index (χ2n) is 5.43. The first kappa shape index (κ1) is 15.2. The van der Waals surface area contributed by atoms with E-state index in [4.69, 9.17) is 5.73 Å². The van der Waals surface area contributed by atoms with Crippen LogP contribution in [0.4, 0.5) is 15.8 Å². The van der Waals surface area contributed by atoms with Gasteiger partial charge in [-0.1, -0.05) is 12.1 Å². The van der Waals surface area contributed by atoms with E-state index in [1.165, 1.54) is 24.3 Å². The van der Waals surface area contributed by atoms with Crippen LogP contribution in [-0.2, 0) is 16.1 Å². The number of nitrogen functional groups attached to an aromatic ring is 1. The number of nitrogens with zero attached hydrogens (tertiary/aromatic N) is 1. The lowest BCUT2D eigenvalue weighted by atomic mass is 10.2. The molecule has 118 valence electrons. The molecular formula is C17H16FN3O2. The molecule has 1 saturated heterocycles. The van der Waals surface area contributed by atoms with E-state index in [9.17, 15) is 14.0 Å². The van der Waals surface area contributed by atoms with Crippen molar-refractivity contribution in [3.05, 3.63) is 59.9 Å². The first-order chi connectivity index (χ1) is 11.0. The molecule has 1 aliphatic heterocycles. The highest BCUT2D eigenvalue weighted by Gasteiger charge is 2.39. The molecule has 3 rings (SSSR count). The van der Waals surface area contributed by atoms with Gasteiger partial charge in [-0.05, 0) is 42.0 Å². The molecule has 2 aromatic rings. The molecule has 0 aliphatic carbocycles. The number of imide groups is 1. The van der Waals surface area contributed by atoms with Gasteiger partial charge in [0.15, 0.2) is 0 Å². The molecule has 6 heteroatoms. The molecule has 0 spiro atoms. The van der Waals surface area contributed by atoms with Crippen LogP contribution in [0, 0.1) is 5.82 Å². The third kappa shape index (κ3) is 3.22. The molecular weight excluding hydrogens is 297 g/mol. The van der Waals surface area contributed by atoms with Gasteiger partial charge in [0.05, 0.1) is 18.2 Å². The quantitative estimate of drug-likeness (QED) is 0.667. The van der Waals surface area contributed by atoms with E-state index in [2.05, 4.69) is 5.32 Å². The fourth-order valence-corrected chi connectivity index (χ4v) is 2.60. The average molecular weight is 313 g/mol. The predicted octanol–water partition coefficient (Wildman–Crippen LogP) is 1.83. The largest absolute Gasteiger partial charge is 0.399 e. The smallest absolute Gasteiger partial charge is 0.251 e. The van der Waals surface area contributed by atoms with Gasteiger partial charge in [-0.3, -0.25) is 9.59 Å². The molecule has 1 heterocycles. The Kier molecular flexibility index (Phi) is 4.08. The van der Waals surface area contributed by atoms with E-state index < -0.39 is 11.9 Å². The lowest BCUT2D eigenvalue weighted by Gasteiger charge is -2.15. The van der Waals surface area contributed by atoms with Gasteiger partial charge in [-0.15, -0.1) is 0 Å². The van der Waals surface area contributed by atoms with Crippen LogP contribution >= 0.6 is 0 Å². The maximum absolute atomic E-state index is 13.0. The molecule has 0 bridgehead atoms. The van der Waals surface area contributed by atoms with Crippen LogP contribution < -0.4 is 16.0 Å². The number of carbonyl (C=O) groups is 2. The molecule has 5 nitrogen and oxygen atoms in total. The van der Waals surface area contributed by atoms with Gasteiger partial charge < -0.3 is 11.1 Å². The van der Waals surface area contributed by atoms with Crippen molar-refractivity contribution in [3.63, 3.8) is 0 Å². The predicted molar refractivity (Wildman–Crippen MR) is 85.0 cm³/mol. The number of benzene rings is 2. The van der Waals surface area contributed by atoms with E-state index in [0.717, 1.165) is 10.5 Å². The minimum absolute atomic E-state index is 0.0819. The SMILES string of the molecule is Nc1cccc(CNC2CC(=O)N(c3ccc(F)cc3)C2=O)c1. The zero-order chi connectivity index (χ0) is 16.4. The van der Waals surface area contributed by atoms with Crippen molar-refractivity contribution in [1.29, 1.82) is 0 Å². The maximum Gasteiger partial charge on any atom is 0.251 e. The zero-order valence-electron chi connectivity index (χ0n) is 12.3. The van der Waals surface area contributed by atoms with Crippen LogP contribution in [0.15, 0.2) is 48.5 Å². The monoisotopic (exact) mass is 313 g/mol. The van der Waals surface area contributed by atoms with E-state index >= 15 is 0 Å². The lowest BCUT2D eigenvalue weighted by molar-refractivity contribution is -0.121. The van der Waals surface area contributed by atoms with Crippen LogP contribution in [-0.4, -0.2) is 17.9 Å². The number of hydrogen-bond donors (Lipinski definition) is 2. The summed E-state index contributed by atoms with van der Waals surface area (Å²) in [4.78, 5) is 25.6. The van der Waals surface area contributed by atoms with E-state index in [0.29, 0.717) is 17.9 Å². The van der Waals surface area contributed by atoms with Gasteiger partial charge in [-0.25, -0.2) is 9.29 Å². The molecule has 0 saturated carbocycles. The van der Waals surface area contributed by atoms with Crippen molar-refractivity contribution < 1.29 is 14.0 Å². The third-order valence-electron chi connectivity index (χ3n) is 3.74. The fourth-order valence-electron chi connectivity index (χ4n) is 2.60. The van der Waals surface area contributed by atoms with E-state index in [1.54, 1.807) is 6.07 Å². The summed E-state index contributed by atoms with van der Waals surface area (Å²) in [6, 6.07) is 12.0. The van der Waals surface area contributed by atoms with Crippen molar-refractivity contribution in [2.75, 3.05) is 10.6 Å². The molecule has 1 unspecified atom stereocenters. The lowest BCUT2D eigenvalue weighted by Crippen LogP contribution is -2.38. The molecule has 1 aliphatic rings. The third-order valence-corrected chi connectivity index (χ3v) is 3.74. The average Bonchev–Trinajstić information content (AvgIpc) is 2.81. The Labute approximate surface area is 132 Å². The summed E-state index contributed by atoms with van der Waals surface area (Å²) in [5.74, 6) is -1.04. The molecule has 0 aromatic heterocycles. The number of carbonyl (C=O) groups excluding carboxylic acids is 2. The summed E-state index contributed by atoms with van der Waals surface area (Å²) in [6.07, 6.45) is 0.0819. The van der Waals surface area contributed by atoms with Crippen LogP contribution in [0.3, 0.4) is 0 Å². The second-order valence-corrected chi connectivity index (χ2v) is 5.43. The maximum atomic E-state index is 13.0. The normalized spacial score (nSPS) is 17.8. The highest BCUT2D eigenvalue weighted by molar-refractivity contribution is 6.22. The van der Waals surface area contributed by atoms with Gasteiger partial charge in [0, 0.05) is 12.2 Å². The van der Waals surface area contributed by atoms with Crippen LogP contribution in [0.2, 0.25) is 0 Å². The summed E-state index contributed by atoms with van der Waals surface area (Å²) in [7, 11) is 0. The number of nitrogens with two attached hydrogens (primary N) is 1. The molecule has 1 atom stereocenters. The van der Waals surface area contributed by atoms with Gasteiger partial charge in [0.25, 0.3) is 5.91 Å². The minimum atomic E-state index is -0.589. The van der Waals surface area contributed by atoms with Crippen molar-refractivity contribution in [2.45, 2.75) is 19.0 Å². The molecule has 3 N–H and O–H groups in total. The van der Waals surface area contributed by atoms with Crippen LogP contribution in [0.5, 0.6) is 0 Å². The highest BCUT2D eigenvalue weighted by atomic mass is 19.1. The summed E-state index contributed by atoms with van der Waals surface area (Å²) in [5, 5.41) is 3.07. The van der Waals surface area contributed by atoms with Crippen molar-refractivity contribution in [3.8, 4) is 0 Å². The summed E-state index contributed by atoms with van der Waals surface area (Å²) < 4.78 is 13.0. The summed E-state index contributed by atoms with van der Waals surface area (Å²) in [6.45, 7) is 0.436. The zero-order valence-corrected chi connectivity index (χ0v) is 12.3. The number of hydrogen-bond acceptors (Lipinski definition) is 4. The Balaban J connectivity index is 1.70. The number of rotatable bonds is 4. The number of halogens is 1. The Morgan fingerprint density at radius 3 is 2.61 bits per heavy atom. The Morgan fingerprint density at radius 2 is 1.91 bits per heavy atom. The summed E-state index contributed by atoms with van der Waals surface area (Å²) in [5.41, 5.74) is 7.68. The second kappa shape index (κ2) is 6.18. The number of anilines is 2. The Bertz CT molecular complexity index is 746. The first-order valence-electron chi connectivity index (χ1n) is 7.25.